The lowest BCUT2D eigenvalue weighted by Gasteiger charge is -2.06. The number of rotatable bonds is 6. The molecule has 2 N–H and O–H groups in total. The Balaban J connectivity index is 1.91. The Morgan fingerprint density at radius 1 is 1.43 bits per heavy atom. The average Bonchev–Trinajstić information content (AvgIpc) is 2.88. The molecular weight excluding hydrogens is 270 g/mol. The van der Waals surface area contributed by atoms with Gasteiger partial charge in [0, 0.05) is 18.4 Å². The van der Waals surface area contributed by atoms with Crippen molar-refractivity contribution in [3.8, 4) is 0 Å². The lowest BCUT2D eigenvalue weighted by Crippen LogP contribution is -2.25. The minimum absolute atomic E-state index is 0.235. The van der Waals surface area contributed by atoms with Crippen LogP contribution in [-0.2, 0) is 4.79 Å². The number of pyridine rings is 1. The van der Waals surface area contributed by atoms with Crippen LogP contribution in [0.3, 0.4) is 0 Å². The molecule has 0 spiro atoms. The number of aryl methyl sites for hydroxylation is 1. The average molecular weight is 289 g/mol. The highest BCUT2D eigenvalue weighted by molar-refractivity contribution is 5.92. The standard InChI is InChI=1S/C15H19N3O3/c1-10(15(20)21)5-4-8-16-14(19)12-9-18-11(2)6-3-7-13(18)17-12/h3,6-7,9-10H,4-5,8H2,1-2H3,(H,16,19)(H,20,21). The van der Waals surface area contributed by atoms with Gasteiger partial charge in [0.25, 0.3) is 5.91 Å². The smallest absolute Gasteiger partial charge is 0.306 e. The van der Waals surface area contributed by atoms with Gasteiger partial charge >= 0.3 is 5.97 Å². The predicted octanol–water partition coefficient (Wildman–Crippen LogP) is 1.87. The van der Waals surface area contributed by atoms with E-state index in [1.807, 2.05) is 29.5 Å². The molecule has 0 fully saturated rings. The van der Waals surface area contributed by atoms with Gasteiger partial charge in [0.05, 0.1) is 5.92 Å². The maximum Gasteiger partial charge on any atom is 0.306 e. The van der Waals surface area contributed by atoms with Crippen molar-refractivity contribution in [3.05, 3.63) is 35.8 Å². The van der Waals surface area contributed by atoms with E-state index in [9.17, 15) is 9.59 Å². The molecule has 21 heavy (non-hydrogen) atoms. The number of fused-ring (bicyclic) bond motifs is 1. The molecule has 2 heterocycles. The SMILES string of the molecule is Cc1cccc2nc(C(=O)NCCCC(C)C(=O)O)cn12. The van der Waals surface area contributed by atoms with Crippen LogP contribution < -0.4 is 5.32 Å². The van der Waals surface area contributed by atoms with Gasteiger partial charge in [-0.1, -0.05) is 13.0 Å². The minimum Gasteiger partial charge on any atom is -0.481 e. The summed E-state index contributed by atoms with van der Waals surface area (Å²) in [5.74, 6) is -1.43. The van der Waals surface area contributed by atoms with E-state index in [0.29, 0.717) is 25.1 Å². The van der Waals surface area contributed by atoms with E-state index in [0.717, 1.165) is 11.3 Å². The van der Waals surface area contributed by atoms with Gasteiger partial charge in [0.15, 0.2) is 0 Å². The molecule has 0 aliphatic heterocycles. The molecule has 2 aromatic heterocycles. The van der Waals surface area contributed by atoms with Crippen molar-refractivity contribution < 1.29 is 14.7 Å². The van der Waals surface area contributed by atoms with Gasteiger partial charge < -0.3 is 14.8 Å². The Morgan fingerprint density at radius 3 is 2.86 bits per heavy atom. The summed E-state index contributed by atoms with van der Waals surface area (Å²) in [5, 5.41) is 11.5. The number of hydrogen-bond acceptors (Lipinski definition) is 3. The third kappa shape index (κ3) is 3.59. The second-order valence-electron chi connectivity index (χ2n) is 5.16. The number of carboxylic acid groups (broad SMARTS) is 1. The first-order valence-electron chi connectivity index (χ1n) is 6.95. The number of nitrogens with zero attached hydrogens (tertiary/aromatic N) is 2. The van der Waals surface area contributed by atoms with Crippen LogP contribution in [0.1, 0.15) is 35.9 Å². The highest BCUT2D eigenvalue weighted by Crippen LogP contribution is 2.09. The normalized spacial score (nSPS) is 12.3. The summed E-state index contributed by atoms with van der Waals surface area (Å²) >= 11 is 0. The Kier molecular flexibility index (Phi) is 4.57. The van der Waals surface area contributed by atoms with Crippen LogP contribution in [0.4, 0.5) is 0 Å². The molecule has 0 aliphatic carbocycles. The lowest BCUT2D eigenvalue weighted by atomic mass is 10.1. The summed E-state index contributed by atoms with van der Waals surface area (Å²) < 4.78 is 1.86. The molecule has 6 heteroatoms. The van der Waals surface area contributed by atoms with Crippen LogP contribution in [0, 0.1) is 12.8 Å². The fraction of sp³-hybridized carbons (Fsp3) is 0.400. The van der Waals surface area contributed by atoms with Crippen molar-refractivity contribution in [2.24, 2.45) is 5.92 Å². The van der Waals surface area contributed by atoms with Gasteiger partial charge in [-0.3, -0.25) is 9.59 Å². The zero-order valence-corrected chi connectivity index (χ0v) is 12.2. The first-order valence-corrected chi connectivity index (χ1v) is 6.95. The molecule has 2 rings (SSSR count). The third-order valence-corrected chi connectivity index (χ3v) is 3.45. The molecule has 0 saturated heterocycles. The van der Waals surface area contributed by atoms with E-state index in [-0.39, 0.29) is 11.8 Å². The molecule has 0 saturated carbocycles. The zero-order valence-electron chi connectivity index (χ0n) is 12.2. The minimum atomic E-state index is -0.808. The molecule has 0 aromatic carbocycles. The van der Waals surface area contributed by atoms with E-state index in [1.165, 1.54) is 0 Å². The number of carbonyl (C=O) groups excluding carboxylic acids is 1. The summed E-state index contributed by atoms with van der Waals surface area (Å²) in [5.41, 5.74) is 2.12. The Labute approximate surface area is 122 Å². The number of amides is 1. The summed E-state index contributed by atoms with van der Waals surface area (Å²) in [6.07, 6.45) is 2.88. The van der Waals surface area contributed by atoms with Crippen molar-refractivity contribution in [2.75, 3.05) is 6.54 Å². The van der Waals surface area contributed by atoms with Crippen LogP contribution in [0.15, 0.2) is 24.4 Å². The van der Waals surface area contributed by atoms with Gasteiger partial charge in [-0.25, -0.2) is 4.98 Å². The molecule has 1 atom stereocenters. The zero-order chi connectivity index (χ0) is 15.4. The van der Waals surface area contributed by atoms with Crippen LogP contribution in [0.2, 0.25) is 0 Å². The van der Waals surface area contributed by atoms with Crippen LogP contribution in [0.25, 0.3) is 5.65 Å². The molecule has 6 nitrogen and oxygen atoms in total. The molecule has 0 aliphatic rings. The quantitative estimate of drug-likeness (QED) is 0.795. The Bertz CT molecular complexity index is 663. The second-order valence-corrected chi connectivity index (χ2v) is 5.16. The number of aromatic nitrogens is 2. The third-order valence-electron chi connectivity index (χ3n) is 3.45. The van der Waals surface area contributed by atoms with Crippen molar-refractivity contribution >= 4 is 17.5 Å². The molecule has 112 valence electrons. The first kappa shape index (κ1) is 15.0. The summed E-state index contributed by atoms with van der Waals surface area (Å²) in [6, 6.07) is 5.69. The summed E-state index contributed by atoms with van der Waals surface area (Å²) in [4.78, 5) is 27.0. The summed E-state index contributed by atoms with van der Waals surface area (Å²) in [7, 11) is 0. The van der Waals surface area contributed by atoms with Gasteiger partial charge in [-0.15, -0.1) is 0 Å². The maximum absolute atomic E-state index is 12.0. The van der Waals surface area contributed by atoms with Crippen molar-refractivity contribution in [1.82, 2.24) is 14.7 Å². The topological polar surface area (TPSA) is 83.7 Å². The fourth-order valence-corrected chi connectivity index (χ4v) is 2.08. The number of hydrogen-bond donors (Lipinski definition) is 2. The first-order chi connectivity index (χ1) is 9.99. The molecule has 2 aromatic rings. The highest BCUT2D eigenvalue weighted by atomic mass is 16.4. The van der Waals surface area contributed by atoms with Crippen LogP contribution in [-0.4, -0.2) is 32.9 Å². The van der Waals surface area contributed by atoms with Crippen molar-refractivity contribution in [2.45, 2.75) is 26.7 Å². The lowest BCUT2D eigenvalue weighted by molar-refractivity contribution is -0.141. The molecular formula is C15H19N3O3. The number of imidazole rings is 1. The van der Waals surface area contributed by atoms with E-state index in [4.69, 9.17) is 5.11 Å². The predicted molar refractivity (Wildman–Crippen MR) is 78.3 cm³/mol. The second kappa shape index (κ2) is 6.39. The number of nitrogens with one attached hydrogen (secondary N) is 1. The highest BCUT2D eigenvalue weighted by Gasteiger charge is 2.12. The molecule has 0 radical (unpaired) electrons. The van der Waals surface area contributed by atoms with Gasteiger partial charge in [-0.2, -0.15) is 0 Å². The number of carboxylic acids is 1. The van der Waals surface area contributed by atoms with Gasteiger partial charge in [0.1, 0.15) is 11.3 Å². The molecule has 1 unspecified atom stereocenters. The van der Waals surface area contributed by atoms with Gasteiger partial charge in [-0.05, 0) is 31.9 Å². The van der Waals surface area contributed by atoms with Gasteiger partial charge in [0.2, 0.25) is 0 Å². The van der Waals surface area contributed by atoms with Crippen molar-refractivity contribution in [1.29, 1.82) is 0 Å². The summed E-state index contributed by atoms with van der Waals surface area (Å²) in [6.45, 7) is 4.06. The van der Waals surface area contributed by atoms with Crippen LogP contribution in [0.5, 0.6) is 0 Å². The molecule has 1 amide bonds. The largest absolute Gasteiger partial charge is 0.481 e. The molecule has 0 bridgehead atoms. The van der Waals surface area contributed by atoms with Crippen LogP contribution >= 0.6 is 0 Å². The Hall–Kier alpha value is -2.37. The van der Waals surface area contributed by atoms with E-state index >= 15 is 0 Å². The monoisotopic (exact) mass is 289 g/mol. The maximum atomic E-state index is 12.0. The van der Waals surface area contributed by atoms with E-state index < -0.39 is 5.97 Å². The Morgan fingerprint density at radius 2 is 2.19 bits per heavy atom. The number of carbonyl (C=O) groups is 2. The fourth-order valence-electron chi connectivity index (χ4n) is 2.08. The number of aliphatic carboxylic acids is 1. The van der Waals surface area contributed by atoms with E-state index in [2.05, 4.69) is 10.3 Å². The van der Waals surface area contributed by atoms with E-state index in [1.54, 1.807) is 13.1 Å². The van der Waals surface area contributed by atoms with Crippen molar-refractivity contribution in [3.63, 3.8) is 0 Å².